The van der Waals surface area contributed by atoms with E-state index < -0.39 is 0 Å². The van der Waals surface area contributed by atoms with Crippen molar-refractivity contribution < 1.29 is 0 Å². The highest BCUT2D eigenvalue weighted by Gasteiger charge is 2.11. The highest BCUT2D eigenvalue weighted by Crippen LogP contribution is 2.12. The van der Waals surface area contributed by atoms with Crippen LogP contribution in [0.15, 0.2) is 48.9 Å². The summed E-state index contributed by atoms with van der Waals surface area (Å²) >= 11 is 0. The van der Waals surface area contributed by atoms with E-state index in [4.69, 9.17) is 0 Å². The minimum Gasteiger partial charge on any atom is -0.359 e. The normalized spacial score (nSPS) is 10.8. The maximum Gasteiger partial charge on any atom is 0.104 e. The highest BCUT2D eigenvalue weighted by atomic mass is 15.3. The minimum atomic E-state index is 0.838. The van der Waals surface area contributed by atoms with Crippen molar-refractivity contribution in [1.29, 1.82) is 0 Å². The van der Waals surface area contributed by atoms with Gasteiger partial charge in [-0.2, -0.15) is 0 Å². The Morgan fingerprint density at radius 2 is 1.39 bits per heavy atom. The predicted molar refractivity (Wildman–Crippen MR) is 82.4 cm³/mol. The SMILES string of the molecule is C=CCN(CC=C)/C(=C\C=C(C)C)N(CC)CC. The van der Waals surface area contributed by atoms with Crippen molar-refractivity contribution in [3.63, 3.8) is 0 Å². The molecule has 0 unspecified atom stereocenters. The number of hydrogen-bond acceptors (Lipinski definition) is 2. The fourth-order valence-electron chi connectivity index (χ4n) is 1.77. The predicted octanol–water partition coefficient (Wildman–Crippen LogP) is 3.81. The first-order valence-corrected chi connectivity index (χ1v) is 6.67. The number of hydrogen-bond donors (Lipinski definition) is 0. The van der Waals surface area contributed by atoms with Gasteiger partial charge in [0.05, 0.1) is 0 Å². The summed E-state index contributed by atoms with van der Waals surface area (Å²) in [5, 5.41) is 0. The molecular formula is C16H28N2. The molecule has 0 N–H and O–H groups in total. The van der Waals surface area contributed by atoms with E-state index in [1.807, 2.05) is 12.2 Å². The molecule has 0 amide bonds. The number of allylic oxidation sites excluding steroid dienone is 3. The smallest absolute Gasteiger partial charge is 0.104 e. The van der Waals surface area contributed by atoms with E-state index in [-0.39, 0.29) is 0 Å². The molecule has 18 heavy (non-hydrogen) atoms. The molecule has 0 fully saturated rings. The van der Waals surface area contributed by atoms with E-state index in [0.717, 1.165) is 26.2 Å². The Bertz CT molecular complexity index is 295. The second kappa shape index (κ2) is 9.58. The van der Waals surface area contributed by atoms with Crippen molar-refractivity contribution >= 4 is 0 Å². The van der Waals surface area contributed by atoms with Crippen LogP contribution < -0.4 is 0 Å². The van der Waals surface area contributed by atoms with E-state index in [1.165, 1.54) is 11.4 Å². The van der Waals surface area contributed by atoms with E-state index in [9.17, 15) is 0 Å². The Balaban J connectivity index is 5.25. The first kappa shape index (κ1) is 16.6. The van der Waals surface area contributed by atoms with E-state index in [2.05, 4.69) is 62.8 Å². The molecule has 0 bridgehead atoms. The van der Waals surface area contributed by atoms with Crippen LogP contribution in [0.1, 0.15) is 27.7 Å². The maximum atomic E-state index is 3.83. The summed E-state index contributed by atoms with van der Waals surface area (Å²) in [6.45, 7) is 19.9. The average Bonchev–Trinajstić information content (AvgIpc) is 2.34. The lowest BCUT2D eigenvalue weighted by Gasteiger charge is -2.33. The third kappa shape index (κ3) is 5.76. The van der Waals surface area contributed by atoms with Gasteiger partial charge in [-0.3, -0.25) is 0 Å². The Morgan fingerprint density at radius 1 is 0.889 bits per heavy atom. The van der Waals surface area contributed by atoms with Crippen LogP contribution in [-0.4, -0.2) is 36.0 Å². The highest BCUT2D eigenvalue weighted by molar-refractivity contribution is 5.15. The Labute approximate surface area is 113 Å². The van der Waals surface area contributed by atoms with Crippen molar-refractivity contribution in [2.75, 3.05) is 26.2 Å². The number of nitrogens with zero attached hydrogens (tertiary/aromatic N) is 2. The van der Waals surface area contributed by atoms with Crippen LogP contribution in [0.3, 0.4) is 0 Å². The summed E-state index contributed by atoms with van der Waals surface area (Å²) in [7, 11) is 0. The lowest BCUT2D eigenvalue weighted by atomic mass is 10.3. The molecule has 0 aromatic rings. The summed E-state index contributed by atoms with van der Waals surface area (Å²) in [5.74, 6) is 1.24. The first-order valence-electron chi connectivity index (χ1n) is 6.67. The Hall–Kier alpha value is -1.44. The zero-order valence-electron chi connectivity index (χ0n) is 12.4. The van der Waals surface area contributed by atoms with Crippen molar-refractivity contribution in [2.24, 2.45) is 0 Å². The van der Waals surface area contributed by atoms with Gasteiger partial charge in [0, 0.05) is 26.2 Å². The standard InChI is InChI=1S/C16H28N2/c1-7-13-18(14-8-2)16(12-11-15(5)6)17(9-3)10-4/h7-8,11-12H,1-2,9-10,13-14H2,3-6H3/b16-12-. The van der Waals surface area contributed by atoms with Crippen LogP contribution in [0.2, 0.25) is 0 Å². The van der Waals surface area contributed by atoms with Gasteiger partial charge in [-0.1, -0.05) is 23.8 Å². The van der Waals surface area contributed by atoms with Crippen molar-refractivity contribution in [2.45, 2.75) is 27.7 Å². The van der Waals surface area contributed by atoms with E-state index in [0.29, 0.717) is 0 Å². The Kier molecular flexibility index (Phi) is 8.81. The minimum absolute atomic E-state index is 0.838. The molecule has 0 aliphatic carbocycles. The molecule has 0 radical (unpaired) electrons. The van der Waals surface area contributed by atoms with Crippen LogP contribution in [-0.2, 0) is 0 Å². The third-order valence-electron chi connectivity index (χ3n) is 2.68. The molecule has 0 heterocycles. The van der Waals surface area contributed by atoms with Crippen molar-refractivity contribution in [1.82, 2.24) is 9.80 Å². The van der Waals surface area contributed by atoms with Crippen molar-refractivity contribution in [3.05, 3.63) is 48.9 Å². The number of rotatable bonds is 9. The van der Waals surface area contributed by atoms with Crippen LogP contribution in [0.4, 0.5) is 0 Å². The molecule has 0 aromatic carbocycles. The lowest BCUT2D eigenvalue weighted by Crippen LogP contribution is -2.35. The molecule has 2 nitrogen and oxygen atoms in total. The van der Waals surface area contributed by atoms with E-state index >= 15 is 0 Å². The summed E-state index contributed by atoms with van der Waals surface area (Å²) in [6.07, 6.45) is 8.22. The molecule has 2 heteroatoms. The first-order chi connectivity index (χ1) is 8.60. The fraction of sp³-hybridized carbons (Fsp3) is 0.500. The van der Waals surface area contributed by atoms with Gasteiger partial charge in [-0.05, 0) is 33.8 Å². The third-order valence-corrected chi connectivity index (χ3v) is 2.68. The zero-order chi connectivity index (χ0) is 14.0. The average molecular weight is 248 g/mol. The van der Waals surface area contributed by atoms with Crippen LogP contribution in [0.5, 0.6) is 0 Å². The van der Waals surface area contributed by atoms with Crippen molar-refractivity contribution in [3.8, 4) is 0 Å². The molecule has 0 atom stereocenters. The Morgan fingerprint density at radius 3 is 1.72 bits per heavy atom. The monoisotopic (exact) mass is 248 g/mol. The van der Waals surface area contributed by atoms with Gasteiger partial charge >= 0.3 is 0 Å². The summed E-state index contributed by atoms with van der Waals surface area (Å²) in [6, 6.07) is 0. The van der Waals surface area contributed by atoms with Crippen LogP contribution in [0, 0.1) is 0 Å². The second-order valence-electron chi connectivity index (χ2n) is 4.42. The van der Waals surface area contributed by atoms with Crippen LogP contribution >= 0.6 is 0 Å². The molecular weight excluding hydrogens is 220 g/mol. The van der Waals surface area contributed by atoms with Gasteiger partial charge in [0.2, 0.25) is 0 Å². The molecule has 0 saturated carbocycles. The van der Waals surface area contributed by atoms with Crippen LogP contribution in [0.25, 0.3) is 0 Å². The molecule has 102 valence electrons. The largest absolute Gasteiger partial charge is 0.359 e. The molecule has 0 aromatic heterocycles. The van der Waals surface area contributed by atoms with Gasteiger partial charge in [0.15, 0.2) is 0 Å². The van der Waals surface area contributed by atoms with E-state index in [1.54, 1.807) is 0 Å². The molecule has 0 spiro atoms. The van der Waals surface area contributed by atoms with Gasteiger partial charge < -0.3 is 9.80 Å². The van der Waals surface area contributed by atoms with Gasteiger partial charge in [0.25, 0.3) is 0 Å². The summed E-state index contributed by atoms with van der Waals surface area (Å²) < 4.78 is 0. The zero-order valence-corrected chi connectivity index (χ0v) is 12.4. The van der Waals surface area contributed by atoms with Gasteiger partial charge in [-0.15, -0.1) is 13.2 Å². The quantitative estimate of drug-likeness (QED) is 0.452. The topological polar surface area (TPSA) is 6.48 Å². The lowest BCUT2D eigenvalue weighted by molar-refractivity contribution is 0.249. The second-order valence-corrected chi connectivity index (χ2v) is 4.42. The molecule has 0 rings (SSSR count). The molecule has 0 aliphatic rings. The molecule has 0 saturated heterocycles. The maximum absolute atomic E-state index is 3.83. The fourth-order valence-corrected chi connectivity index (χ4v) is 1.77. The molecule has 0 aliphatic heterocycles. The van der Waals surface area contributed by atoms with Gasteiger partial charge in [0.1, 0.15) is 5.82 Å². The summed E-state index contributed by atoms with van der Waals surface area (Å²) in [5.41, 5.74) is 1.30. The summed E-state index contributed by atoms with van der Waals surface area (Å²) in [4.78, 5) is 4.64. The van der Waals surface area contributed by atoms with Gasteiger partial charge in [-0.25, -0.2) is 0 Å².